The first kappa shape index (κ1) is 18.3. The molecular weight excluding hydrogens is 420 g/mol. The Bertz CT molecular complexity index is 927. The Labute approximate surface area is 163 Å². The van der Waals surface area contributed by atoms with Gasteiger partial charge in [-0.3, -0.25) is 4.79 Å². The number of carbonyl (C=O) groups is 1. The average molecular weight is 435 g/mol. The number of phenolic OH excluding ortho intramolecular Hbond substituents is 1. The third-order valence-electron chi connectivity index (χ3n) is 3.54. The highest BCUT2D eigenvalue weighted by molar-refractivity contribution is 9.10. The highest BCUT2D eigenvalue weighted by Gasteiger charge is 2.24. The van der Waals surface area contributed by atoms with Gasteiger partial charge in [-0.1, -0.05) is 28.1 Å². The van der Waals surface area contributed by atoms with Crippen LogP contribution in [0.2, 0.25) is 0 Å². The molecule has 0 aliphatic carbocycles. The van der Waals surface area contributed by atoms with Gasteiger partial charge in [0.2, 0.25) is 0 Å². The molecule has 1 saturated heterocycles. The smallest absolute Gasteiger partial charge is 0.264 e. The Morgan fingerprint density at radius 1 is 1.19 bits per heavy atom. The van der Waals surface area contributed by atoms with Crippen molar-refractivity contribution in [2.24, 2.45) is 4.99 Å². The Kier molecular flexibility index (Phi) is 5.53. The van der Waals surface area contributed by atoms with Gasteiger partial charge in [0.05, 0.1) is 19.1 Å². The molecule has 0 unspecified atom stereocenters. The van der Waals surface area contributed by atoms with Crippen LogP contribution >= 0.6 is 27.7 Å². The third kappa shape index (κ3) is 3.86. The average Bonchev–Trinajstić information content (AvgIpc) is 2.97. The Balaban J connectivity index is 1.91. The first-order chi connectivity index (χ1) is 12.5. The first-order valence-electron chi connectivity index (χ1n) is 7.51. The van der Waals surface area contributed by atoms with E-state index in [-0.39, 0.29) is 11.7 Å². The summed E-state index contributed by atoms with van der Waals surface area (Å²) in [6, 6.07) is 10.5. The molecule has 26 heavy (non-hydrogen) atoms. The van der Waals surface area contributed by atoms with Crippen LogP contribution in [0.3, 0.4) is 0 Å². The van der Waals surface area contributed by atoms with Gasteiger partial charge in [0.25, 0.3) is 5.91 Å². The molecule has 134 valence electrons. The number of phenols is 1. The predicted octanol–water partition coefficient (Wildman–Crippen LogP) is 4.06. The molecule has 1 amide bonds. The zero-order valence-electron chi connectivity index (χ0n) is 13.9. The van der Waals surface area contributed by atoms with Crippen molar-refractivity contribution >= 4 is 50.5 Å². The van der Waals surface area contributed by atoms with Crippen LogP contribution in [-0.2, 0) is 4.79 Å². The molecule has 0 aromatic heterocycles. The quantitative estimate of drug-likeness (QED) is 0.709. The molecule has 1 heterocycles. The predicted molar refractivity (Wildman–Crippen MR) is 106 cm³/mol. The van der Waals surface area contributed by atoms with Crippen molar-refractivity contribution in [3.05, 3.63) is 51.3 Å². The maximum Gasteiger partial charge on any atom is 0.264 e. The van der Waals surface area contributed by atoms with E-state index in [1.807, 2.05) is 18.2 Å². The van der Waals surface area contributed by atoms with Crippen molar-refractivity contribution in [1.29, 1.82) is 0 Å². The van der Waals surface area contributed by atoms with Gasteiger partial charge in [-0.15, -0.1) is 0 Å². The molecule has 0 atom stereocenters. The van der Waals surface area contributed by atoms with E-state index in [1.54, 1.807) is 25.3 Å². The molecule has 0 radical (unpaired) electrons. The van der Waals surface area contributed by atoms with Crippen molar-refractivity contribution in [3.63, 3.8) is 0 Å². The van der Waals surface area contributed by atoms with E-state index in [2.05, 4.69) is 26.2 Å². The summed E-state index contributed by atoms with van der Waals surface area (Å²) in [6.45, 7) is 0. The Morgan fingerprint density at radius 2 is 1.92 bits per heavy atom. The highest BCUT2D eigenvalue weighted by atomic mass is 79.9. The highest BCUT2D eigenvalue weighted by Crippen LogP contribution is 2.36. The van der Waals surface area contributed by atoms with E-state index in [0.717, 1.165) is 0 Å². The van der Waals surface area contributed by atoms with Crippen LogP contribution in [0.15, 0.2) is 50.8 Å². The molecule has 1 fully saturated rings. The minimum Gasteiger partial charge on any atom is -0.504 e. The van der Waals surface area contributed by atoms with Crippen LogP contribution in [-0.4, -0.2) is 30.4 Å². The summed E-state index contributed by atoms with van der Waals surface area (Å²) in [5.41, 5.74) is 1.34. The summed E-state index contributed by atoms with van der Waals surface area (Å²) in [7, 11) is 3.04. The molecular formula is C18H15BrN2O4S. The van der Waals surface area contributed by atoms with Gasteiger partial charge < -0.3 is 19.9 Å². The first-order valence-corrected chi connectivity index (χ1v) is 9.12. The lowest BCUT2D eigenvalue weighted by atomic mass is 10.2. The monoisotopic (exact) mass is 434 g/mol. The number of amides is 1. The second kappa shape index (κ2) is 7.84. The van der Waals surface area contributed by atoms with Gasteiger partial charge in [-0.2, -0.15) is 0 Å². The van der Waals surface area contributed by atoms with Crippen molar-refractivity contribution in [2.45, 2.75) is 0 Å². The van der Waals surface area contributed by atoms with Crippen LogP contribution in [0, 0.1) is 0 Å². The number of benzene rings is 2. The number of para-hydroxylation sites is 2. The number of carbonyl (C=O) groups excluding carboxylic acids is 1. The van der Waals surface area contributed by atoms with Crippen LogP contribution in [0.5, 0.6) is 17.2 Å². The number of rotatable bonds is 4. The van der Waals surface area contributed by atoms with E-state index in [9.17, 15) is 9.90 Å². The van der Waals surface area contributed by atoms with Gasteiger partial charge in [0.1, 0.15) is 11.4 Å². The zero-order valence-corrected chi connectivity index (χ0v) is 16.3. The fourth-order valence-electron chi connectivity index (χ4n) is 2.29. The SMILES string of the molecule is COc1cc(C=C2SC(=Nc3ccccc3OC)NC2=O)c(Br)cc1O. The van der Waals surface area contributed by atoms with Crippen LogP contribution < -0.4 is 14.8 Å². The standard InChI is InChI=1S/C18H15BrN2O4S/c1-24-14-6-4-3-5-12(14)20-18-21-17(23)16(26-18)8-10-7-15(25-2)13(22)9-11(10)19/h3-9,22H,1-2H3,(H,20,21,23). The minimum atomic E-state index is -0.248. The Hall–Kier alpha value is -2.45. The number of aliphatic imine (C=N–C) groups is 1. The summed E-state index contributed by atoms with van der Waals surface area (Å²) in [5.74, 6) is 0.718. The lowest BCUT2D eigenvalue weighted by Crippen LogP contribution is -2.19. The molecule has 6 nitrogen and oxygen atoms in total. The maximum atomic E-state index is 12.3. The molecule has 2 aromatic carbocycles. The largest absolute Gasteiger partial charge is 0.504 e. The van der Waals surface area contributed by atoms with E-state index in [0.29, 0.717) is 37.3 Å². The van der Waals surface area contributed by atoms with Crippen LogP contribution in [0.4, 0.5) is 5.69 Å². The summed E-state index contributed by atoms with van der Waals surface area (Å²) in [6.07, 6.45) is 1.71. The van der Waals surface area contributed by atoms with Crippen molar-refractivity contribution in [2.75, 3.05) is 14.2 Å². The lowest BCUT2D eigenvalue weighted by molar-refractivity contribution is -0.115. The molecule has 8 heteroatoms. The number of aromatic hydroxyl groups is 1. The van der Waals surface area contributed by atoms with E-state index in [4.69, 9.17) is 9.47 Å². The van der Waals surface area contributed by atoms with Crippen molar-refractivity contribution in [3.8, 4) is 17.2 Å². The maximum absolute atomic E-state index is 12.3. The number of halogens is 1. The number of thioether (sulfide) groups is 1. The number of nitrogens with zero attached hydrogens (tertiary/aromatic N) is 1. The molecule has 2 aromatic rings. The number of methoxy groups -OCH3 is 2. The molecule has 2 N–H and O–H groups in total. The lowest BCUT2D eigenvalue weighted by Gasteiger charge is -2.06. The number of ether oxygens (including phenoxy) is 2. The number of amidine groups is 1. The van der Waals surface area contributed by atoms with Crippen LogP contribution in [0.25, 0.3) is 6.08 Å². The second-order valence-electron chi connectivity index (χ2n) is 5.20. The number of nitrogens with one attached hydrogen (secondary N) is 1. The molecule has 0 spiro atoms. The van der Waals surface area contributed by atoms with Gasteiger partial charge >= 0.3 is 0 Å². The van der Waals surface area contributed by atoms with E-state index in [1.165, 1.54) is 24.9 Å². The molecule has 0 bridgehead atoms. The fourth-order valence-corrected chi connectivity index (χ4v) is 3.56. The molecule has 1 aliphatic heterocycles. The fraction of sp³-hybridized carbons (Fsp3) is 0.111. The molecule has 3 rings (SSSR count). The topological polar surface area (TPSA) is 80.2 Å². The molecule has 1 aliphatic rings. The normalized spacial score (nSPS) is 16.8. The number of hydrogen-bond acceptors (Lipinski definition) is 6. The van der Waals surface area contributed by atoms with Gasteiger partial charge in [0.15, 0.2) is 16.7 Å². The summed E-state index contributed by atoms with van der Waals surface area (Å²) in [5, 5.41) is 13.0. The van der Waals surface area contributed by atoms with E-state index < -0.39 is 0 Å². The number of hydrogen-bond donors (Lipinski definition) is 2. The minimum absolute atomic E-state index is 0.0171. The van der Waals surface area contributed by atoms with Gasteiger partial charge in [-0.05, 0) is 47.7 Å². The molecule has 0 saturated carbocycles. The van der Waals surface area contributed by atoms with Crippen LogP contribution in [0.1, 0.15) is 5.56 Å². The Morgan fingerprint density at radius 3 is 2.65 bits per heavy atom. The van der Waals surface area contributed by atoms with Gasteiger partial charge in [0, 0.05) is 4.47 Å². The summed E-state index contributed by atoms with van der Waals surface area (Å²) >= 11 is 4.60. The second-order valence-corrected chi connectivity index (χ2v) is 7.08. The van der Waals surface area contributed by atoms with Gasteiger partial charge in [-0.25, -0.2) is 4.99 Å². The summed E-state index contributed by atoms with van der Waals surface area (Å²) < 4.78 is 11.0. The van der Waals surface area contributed by atoms with Crippen molar-refractivity contribution in [1.82, 2.24) is 5.32 Å². The third-order valence-corrected chi connectivity index (χ3v) is 5.14. The zero-order chi connectivity index (χ0) is 18.7. The van der Waals surface area contributed by atoms with Crippen molar-refractivity contribution < 1.29 is 19.4 Å². The van der Waals surface area contributed by atoms with E-state index >= 15 is 0 Å². The summed E-state index contributed by atoms with van der Waals surface area (Å²) in [4.78, 5) is 17.2.